The molecule has 3 N–H and O–H groups in total. The molecule has 2 aromatic heterocycles. The maximum absolute atomic E-state index is 12.3. The van der Waals surface area contributed by atoms with Crippen molar-refractivity contribution < 1.29 is 22.7 Å². The number of anilines is 3. The van der Waals surface area contributed by atoms with Gasteiger partial charge in [0.2, 0.25) is 5.95 Å². The lowest BCUT2D eigenvalue weighted by Gasteiger charge is -2.10. The van der Waals surface area contributed by atoms with Crippen LogP contribution in [0.2, 0.25) is 0 Å². The molecule has 0 aliphatic rings. The molecule has 1 aromatic carbocycles. The molecule has 0 aliphatic heterocycles. The van der Waals surface area contributed by atoms with Gasteiger partial charge in [-0.25, -0.2) is 19.7 Å². The average Bonchev–Trinajstić information content (AvgIpc) is 3.00. The number of carbonyl (C=O) groups excluding carboxylic acids is 1. The van der Waals surface area contributed by atoms with E-state index in [-0.39, 0.29) is 5.69 Å². The fourth-order valence-electron chi connectivity index (χ4n) is 2.32. The van der Waals surface area contributed by atoms with E-state index in [2.05, 4.69) is 35.6 Å². The number of benzene rings is 1. The molecule has 0 unspecified atom stereocenters. The van der Waals surface area contributed by atoms with Gasteiger partial charge in [-0.3, -0.25) is 5.32 Å². The Balaban J connectivity index is 1.69. The zero-order valence-corrected chi connectivity index (χ0v) is 16.0. The Morgan fingerprint density at radius 3 is 2.69 bits per heavy atom. The standard InChI is InChI=1S/C17H15F3N6O2S/c1-9-13(12-6-7-22-14(21-2)25-12)29-16(23-9)26-15(27)24-10-4-3-5-11(8-10)28-17(18,19)20/h3-8H,1-2H3,(H,21,22,25)(H2,23,24,26,27). The molecule has 3 aromatic rings. The molecule has 0 bridgehead atoms. The van der Waals surface area contributed by atoms with Crippen molar-refractivity contribution in [3.05, 3.63) is 42.2 Å². The van der Waals surface area contributed by atoms with Gasteiger partial charge in [0.15, 0.2) is 5.13 Å². The predicted molar refractivity (Wildman–Crippen MR) is 103 cm³/mol. The molecule has 0 spiro atoms. The summed E-state index contributed by atoms with van der Waals surface area (Å²) in [5, 5.41) is 8.14. The normalized spacial score (nSPS) is 11.1. The number of thiazole rings is 1. The third-order valence-corrected chi connectivity index (χ3v) is 4.55. The van der Waals surface area contributed by atoms with Crippen LogP contribution in [0.25, 0.3) is 10.6 Å². The lowest BCUT2D eigenvalue weighted by molar-refractivity contribution is -0.274. The Kier molecular flexibility index (Phi) is 5.82. The van der Waals surface area contributed by atoms with Crippen molar-refractivity contribution in [1.82, 2.24) is 15.0 Å². The highest BCUT2D eigenvalue weighted by atomic mass is 32.1. The molecular weight excluding hydrogens is 409 g/mol. The van der Waals surface area contributed by atoms with E-state index >= 15 is 0 Å². The van der Waals surface area contributed by atoms with E-state index in [1.54, 1.807) is 26.2 Å². The van der Waals surface area contributed by atoms with Crippen molar-refractivity contribution in [2.45, 2.75) is 13.3 Å². The van der Waals surface area contributed by atoms with E-state index < -0.39 is 18.1 Å². The Morgan fingerprint density at radius 2 is 1.97 bits per heavy atom. The number of hydrogen-bond acceptors (Lipinski definition) is 7. The summed E-state index contributed by atoms with van der Waals surface area (Å²) in [6.45, 7) is 1.77. The molecule has 0 atom stereocenters. The van der Waals surface area contributed by atoms with Crippen LogP contribution in [0, 0.1) is 6.92 Å². The number of aromatic nitrogens is 3. The van der Waals surface area contributed by atoms with Crippen LogP contribution in [-0.4, -0.2) is 34.4 Å². The smallest absolute Gasteiger partial charge is 0.406 e. The quantitative estimate of drug-likeness (QED) is 0.558. The molecular formula is C17H15F3N6O2S. The zero-order valence-electron chi connectivity index (χ0n) is 15.2. The summed E-state index contributed by atoms with van der Waals surface area (Å²) >= 11 is 1.21. The second-order valence-electron chi connectivity index (χ2n) is 5.60. The second-order valence-corrected chi connectivity index (χ2v) is 6.60. The molecule has 29 heavy (non-hydrogen) atoms. The van der Waals surface area contributed by atoms with E-state index in [1.165, 1.54) is 23.5 Å². The van der Waals surface area contributed by atoms with Gasteiger partial charge in [0.25, 0.3) is 0 Å². The van der Waals surface area contributed by atoms with E-state index in [0.717, 1.165) is 17.0 Å². The number of nitrogens with zero attached hydrogens (tertiary/aromatic N) is 3. The van der Waals surface area contributed by atoms with Crippen molar-refractivity contribution in [2.75, 3.05) is 23.0 Å². The first-order chi connectivity index (χ1) is 13.7. The molecule has 8 nitrogen and oxygen atoms in total. The van der Waals surface area contributed by atoms with E-state index in [1.807, 2.05) is 0 Å². The fraction of sp³-hybridized carbons (Fsp3) is 0.176. The van der Waals surface area contributed by atoms with E-state index in [0.29, 0.717) is 22.5 Å². The maximum Gasteiger partial charge on any atom is 0.573 e. The maximum atomic E-state index is 12.3. The second kappa shape index (κ2) is 8.31. The van der Waals surface area contributed by atoms with Gasteiger partial charge in [0.1, 0.15) is 5.75 Å². The lowest BCUT2D eigenvalue weighted by atomic mass is 10.3. The molecule has 0 aliphatic carbocycles. The number of rotatable bonds is 5. The predicted octanol–water partition coefficient (Wildman–Crippen LogP) is 4.49. The highest BCUT2D eigenvalue weighted by Gasteiger charge is 2.31. The van der Waals surface area contributed by atoms with Crippen LogP contribution in [0.5, 0.6) is 5.75 Å². The number of nitrogens with one attached hydrogen (secondary N) is 3. The minimum absolute atomic E-state index is 0.132. The first kappa shape index (κ1) is 20.3. The molecule has 0 saturated carbocycles. The molecule has 0 radical (unpaired) electrons. The topological polar surface area (TPSA) is 101 Å². The number of amides is 2. The van der Waals surface area contributed by atoms with Gasteiger partial charge in [-0.2, -0.15) is 0 Å². The Bertz CT molecular complexity index is 1020. The summed E-state index contributed by atoms with van der Waals surface area (Å²) in [5.74, 6) is 0.00953. The number of ether oxygens (including phenoxy) is 1. The van der Waals surface area contributed by atoms with Gasteiger partial charge in [-0.05, 0) is 25.1 Å². The third kappa shape index (κ3) is 5.54. The molecule has 0 saturated heterocycles. The molecule has 12 heteroatoms. The van der Waals surface area contributed by atoms with Crippen LogP contribution >= 0.6 is 11.3 Å². The minimum Gasteiger partial charge on any atom is -0.406 e. The van der Waals surface area contributed by atoms with Gasteiger partial charge in [-0.15, -0.1) is 13.2 Å². The highest BCUT2D eigenvalue weighted by molar-refractivity contribution is 7.19. The largest absolute Gasteiger partial charge is 0.573 e. The van der Waals surface area contributed by atoms with Gasteiger partial charge >= 0.3 is 12.4 Å². The fourth-order valence-corrected chi connectivity index (χ4v) is 3.25. The number of halogens is 3. The van der Waals surface area contributed by atoms with Crippen molar-refractivity contribution in [1.29, 1.82) is 0 Å². The molecule has 2 heterocycles. The molecule has 152 valence electrons. The number of urea groups is 1. The number of alkyl halides is 3. The number of aryl methyl sites for hydroxylation is 1. The summed E-state index contributed by atoms with van der Waals surface area (Å²) < 4.78 is 40.8. The minimum atomic E-state index is -4.82. The van der Waals surface area contributed by atoms with Crippen molar-refractivity contribution in [2.24, 2.45) is 0 Å². The van der Waals surface area contributed by atoms with Crippen LogP contribution < -0.4 is 20.7 Å². The highest BCUT2D eigenvalue weighted by Crippen LogP contribution is 2.32. The third-order valence-electron chi connectivity index (χ3n) is 3.45. The number of hydrogen-bond donors (Lipinski definition) is 3. The number of carbonyl (C=O) groups is 1. The van der Waals surface area contributed by atoms with Gasteiger partial charge in [0.05, 0.1) is 16.3 Å². The van der Waals surface area contributed by atoms with Crippen LogP contribution in [0.15, 0.2) is 36.5 Å². The molecule has 3 rings (SSSR count). The Morgan fingerprint density at radius 1 is 1.17 bits per heavy atom. The van der Waals surface area contributed by atoms with Gasteiger partial charge in [0, 0.05) is 25.0 Å². The Hall–Kier alpha value is -3.41. The van der Waals surface area contributed by atoms with Crippen molar-refractivity contribution in [3.63, 3.8) is 0 Å². The van der Waals surface area contributed by atoms with Crippen LogP contribution in [0.3, 0.4) is 0 Å². The van der Waals surface area contributed by atoms with E-state index in [9.17, 15) is 18.0 Å². The van der Waals surface area contributed by atoms with Crippen LogP contribution in [0.4, 0.5) is 34.7 Å². The van der Waals surface area contributed by atoms with E-state index in [4.69, 9.17) is 0 Å². The average molecular weight is 424 g/mol. The monoisotopic (exact) mass is 424 g/mol. The van der Waals surface area contributed by atoms with Crippen LogP contribution in [0.1, 0.15) is 5.69 Å². The summed E-state index contributed by atoms with van der Waals surface area (Å²) in [5.41, 5.74) is 1.43. The Labute approximate surface area is 167 Å². The summed E-state index contributed by atoms with van der Waals surface area (Å²) in [4.78, 5) is 25.6. The first-order valence-corrected chi connectivity index (χ1v) is 8.97. The summed E-state index contributed by atoms with van der Waals surface area (Å²) in [6, 6.07) is 6.02. The summed E-state index contributed by atoms with van der Waals surface area (Å²) in [6.07, 6.45) is -3.22. The van der Waals surface area contributed by atoms with Crippen molar-refractivity contribution >= 4 is 34.1 Å². The molecule has 0 fully saturated rings. The van der Waals surface area contributed by atoms with Gasteiger partial charge < -0.3 is 15.4 Å². The van der Waals surface area contributed by atoms with Crippen molar-refractivity contribution in [3.8, 4) is 16.3 Å². The lowest BCUT2D eigenvalue weighted by Crippen LogP contribution is -2.20. The molecule has 2 amide bonds. The van der Waals surface area contributed by atoms with Crippen LogP contribution in [-0.2, 0) is 0 Å². The zero-order chi connectivity index (χ0) is 21.0. The SMILES string of the molecule is CNc1nccc(-c2sc(NC(=O)Nc3cccc(OC(F)(F)F)c3)nc2C)n1. The first-order valence-electron chi connectivity index (χ1n) is 8.16. The van der Waals surface area contributed by atoms with Gasteiger partial charge in [-0.1, -0.05) is 17.4 Å². The summed E-state index contributed by atoms with van der Waals surface area (Å²) in [7, 11) is 1.70.